The molecule has 0 radical (unpaired) electrons. The fourth-order valence-electron chi connectivity index (χ4n) is 4.05. The zero-order valence-electron chi connectivity index (χ0n) is 14.9. The monoisotopic (exact) mass is 350 g/mol. The van der Waals surface area contributed by atoms with Gasteiger partial charge < -0.3 is 14.8 Å². The first-order valence-electron chi connectivity index (χ1n) is 9.09. The third kappa shape index (κ3) is 4.12. The number of nitrogens with zero attached hydrogens (tertiary/aromatic N) is 1. The Kier molecular flexibility index (Phi) is 5.91. The average Bonchev–Trinajstić information content (AvgIpc) is 2.67. The van der Waals surface area contributed by atoms with Crippen molar-refractivity contribution in [2.24, 2.45) is 0 Å². The van der Waals surface area contributed by atoms with Crippen LogP contribution in [0, 0.1) is 5.82 Å². The fourth-order valence-corrected chi connectivity index (χ4v) is 4.05. The Labute approximate surface area is 148 Å². The van der Waals surface area contributed by atoms with E-state index in [9.17, 15) is 9.18 Å². The third-order valence-electron chi connectivity index (χ3n) is 5.45. The van der Waals surface area contributed by atoms with E-state index >= 15 is 0 Å². The number of nitrogens with one attached hydrogen (secondary N) is 1. The Morgan fingerprint density at radius 3 is 2.68 bits per heavy atom. The molecule has 1 aliphatic carbocycles. The van der Waals surface area contributed by atoms with Crippen molar-refractivity contribution < 1.29 is 18.7 Å². The van der Waals surface area contributed by atoms with E-state index in [-0.39, 0.29) is 17.0 Å². The molecule has 25 heavy (non-hydrogen) atoms. The van der Waals surface area contributed by atoms with Crippen molar-refractivity contribution in [1.29, 1.82) is 0 Å². The molecule has 1 saturated heterocycles. The van der Waals surface area contributed by atoms with Gasteiger partial charge in [0.1, 0.15) is 11.6 Å². The SMILES string of the molecule is COc1ccc(F)cc1C(=O)NCC1(N2CCOCC2)CCCCC1. The lowest BCUT2D eigenvalue weighted by molar-refractivity contribution is -0.0361. The van der Waals surface area contributed by atoms with Crippen molar-refractivity contribution in [3.8, 4) is 5.75 Å². The van der Waals surface area contributed by atoms with Gasteiger partial charge in [-0.05, 0) is 31.0 Å². The number of ether oxygens (including phenoxy) is 2. The molecule has 2 aliphatic rings. The Balaban J connectivity index is 1.72. The van der Waals surface area contributed by atoms with Gasteiger partial charge >= 0.3 is 0 Å². The van der Waals surface area contributed by atoms with E-state index in [0.717, 1.165) is 39.1 Å². The summed E-state index contributed by atoms with van der Waals surface area (Å²) in [5, 5.41) is 3.04. The molecule has 0 spiro atoms. The lowest BCUT2D eigenvalue weighted by Gasteiger charge is -2.48. The number of amides is 1. The highest BCUT2D eigenvalue weighted by molar-refractivity contribution is 5.97. The number of morpholine rings is 1. The van der Waals surface area contributed by atoms with E-state index in [0.29, 0.717) is 12.3 Å². The topological polar surface area (TPSA) is 50.8 Å². The van der Waals surface area contributed by atoms with Gasteiger partial charge in [-0.15, -0.1) is 0 Å². The number of hydrogen-bond acceptors (Lipinski definition) is 4. The van der Waals surface area contributed by atoms with Crippen LogP contribution in [0.15, 0.2) is 18.2 Å². The van der Waals surface area contributed by atoms with E-state index in [2.05, 4.69) is 10.2 Å². The number of hydrogen-bond donors (Lipinski definition) is 1. The van der Waals surface area contributed by atoms with Gasteiger partial charge in [0.15, 0.2) is 0 Å². The van der Waals surface area contributed by atoms with Gasteiger partial charge in [-0.25, -0.2) is 4.39 Å². The standard InChI is InChI=1S/C19H27FN2O3/c1-24-17-6-5-15(20)13-16(17)18(23)21-14-19(7-3-2-4-8-19)22-9-11-25-12-10-22/h5-6,13H,2-4,7-12,14H2,1H3,(H,21,23). The maximum Gasteiger partial charge on any atom is 0.255 e. The van der Waals surface area contributed by atoms with Crippen molar-refractivity contribution in [2.45, 2.75) is 37.6 Å². The number of benzene rings is 1. The van der Waals surface area contributed by atoms with Crippen molar-refractivity contribution in [3.05, 3.63) is 29.6 Å². The van der Waals surface area contributed by atoms with Crippen LogP contribution in [0.5, 0.6) is 5.75 Å². The second-order valence-electron chi connectivity index (χ2n) is 6.91. The summed E-state index contributed by atoms with van der Waals surface area (Å²) >= 11 is 0. The van der Waals surface area contributed by atoms with Crippen molar-refractivity contribution in [2.75, 3.05) is 40.0 Å². The summed E-state index contributed by atoms with van der Waals surface area (Å²) in [5.41, 5.74) is 0.230. The minimum Gasteiger partial charge on any atom is -0.496 e. The number of rotatable bonds is 5. The highest BCUT2D eigenvalue weighted by atomic mass is 19.1. The number of carbonyl (C=O) groups is 1. The van der Waals surface area contributed by atoms with Gasteiger partial charge in [-0.1, -0.05) is 19.3 Å². The molecule has 3 rings (SSSR count). The highest BCUT2D eigenvalue weighted by Crippen LogP contribution is 2.34. The van der Waals surface area contributed by atoms with Crippen LogP contribution in [-0.2, 0) is 4.74 Å². The molecule has 0 aromatic heterocycles. The Morgan fingerprint density at radius 2 is 2.00 bits per heavy atom. The first-order chi connectivity index (χ1) is 12.1. The molecule has 1 saturated carbocycles. The predicted octanol–water partition coefficient (Wildman–Crippen LogP) is 2.60. The second kappa shape index (κ2) is 8.15. The smallest absolute Gasteiger partial charge is 0.255 e. The number of halogens is 1. The van der Waals surface area contributed by atoms with Crippen LogP contribution >= 0.6 is 0 Å². The van der Waals surface area contributed by atoms with Crippen molar-refractivity contribution >= 4 is 5.91 Å². The minimum atomic E-state index is -0.438. The van der Waals surface area contributed by atoms with Gasteiger partial charge in [-0.3, -0.25) is 9.69 Å². The summed E-state index contributed by atoms with van der Waals surface area (Å²) in [4.78, 5) is 15.1. The van der Waals surface area contributed by atoms with Crippen LogP contribution in [0.2, 0.25) is 0 Å². The summed E-state index contributed by atoms with van der Waals surface area (Å²) in [7, 11) is 1.49. The quantitative estimate of drug-likeness (QED) is 0.887. The number of methoxy groups -OCH3 is 1. The molecule has 0 bridgehead atoms. The zero-order valence-corrected chi connectivity index (χ0v) is 14.9. The minimum absolute atomic E-state index is 0.0156. The summed E-state index contributed by atoms with van der Waals surface area (Å²) in [5.74, 6) is -0.330. The Bertz CT molecular complexity index is 596. The van der Waals surface area contributed by atoms with Crippen LogP contribution in [0.1, 0.15) is 42.5 Å². The largest absolute Gasteiger partial charge is 0.496 e. The van der Waals surface area contributed by atoms with Gasteiger partial charge in [0.25, 0.3) is 5.91 Å². The average molecular weight is 350 g/mol. The molecular weight excluding hydrogens is 323 g/mol. The first-order valence-corrected chi connectivity index (χ1v) is 9.09. The molecule has 6 heteroatoms. The van der Waals surface area contributed by atoms with Crippen LogP contribution < -0.4 is 10.1 Å². The highest BCUT2D eigenvalue weighted by Gasteiger charge is 2.39. The molecule has 5 nitrogen and oxygen atoms in total. The second-order valence-corrected chi connectivity index (χ2v) is 6.91. The van der Waals surface area contributed by atoms with E-state index in [1.165, 1.54) is 44.6 Å². The fraction of sp³-hybridized carbons (Fsp3) is 0.632. The molecule has 2 fully saturated rings. The summed E-state index contributed by atoms with van der Waals surface area (Å²) in [6, 6.07) is 4.02. The molecule has 0 unspecified atom stereocenters. The maximum absolute atomic E-state index is 13.5. The lowest BCUT2D eigenvalue weighted by atomic mass is 9.79. The van der Waals surface area contributed by atoms with Crippen molar-refractivity contribution in [1.82, 2.24) is 10.2 Å². The Morgan fingerprint density at radius 1 is 1.28 bits per heavy atom. The van der Waals surface area contributed by atoms with Crippen LogP contribution in [-0.4, -0.2) is 56.3 Å². The van der Waals surface area contributed by atoms with E-state index in [1.54, 1.807) is 0 Å². The summed E-state index contributed by atoms with van der Waals surface area (Å²) in [6.45, 7) is 3.87. The van der Waals surface area contributed by atoms with Crippen LogP contribution in [0.3, 0.4) is 0 Å². The molecule has 138 valence electrons. The predicted molar refractivity (Wildman–Crippen MR) is 93.5 cm³/mol. The van der Waals surface area contributed by atoms with Crippen LogP contribution in [0.4, 0.5) is 4.39 Å². The normalized spacial score (nSPS) is 20.9. The maximum atomic E-state index is 13.5. The summed E-state index contributed by atoms with van der Waals surface area (Å²) < 4.78 is 24.2. The molecule has 0 atom stereocenters. The van der Waals surface area contributed by atoms with Crippen molar-refractivity contribution in [3.63, 3.8) is 0 Å². The third-order valence-corrected chi connectivity index (χ3v) is 5.45. The van der Waals surface area contributed by atoms with E-state index < -0.39 is 5.82 Å². The summed E-state index contributed by atoms with van der Waals surface area (Å²) in [6.07, 6.45) is 5.76. The molecule has 1 N–H and O–H groups in total. The van der Waals surface area contributed by atoms with Gasteiger partial charge in [0, 0.05) is 25.2 Å². The zero-order chi connectivity index (χ0) is 17.7. The molecule has 1 amide bonds. The van der Waals surface area contributed by atoms with Gasteiger partial charge in [-0.2, -0.15) is 0 Å². The van der Waals surface area contributed by atoms with E-state index in [1.807, 2.05) is 0 Å². The molecule has 1 heterocycles. The lowest BCUT2D eigenvalue weighted by Crippen LogP contribution is -2.59. The molecule has 1 aromatic rings. The molecular formula is C19H27FN2O3. The van der Waals surface area contributed by atoms with Crippen LogP contribution in [0.25, 0.3) is 0 Å². The van der Waals surface area contributed by atoms with Gasteiger partial charge in [0.2, 0.25) is 0 Å². The molecule has 1 aliphatic heterocycles. The first kappa shape index (κ1) is 18.1. The van der Waals surface area contributed by atoms with E-state index in [4.69, 9.17) is 9.47 Å². The Hall–Kier alpha value is -1.66. The molecule has 1 aromatic carbocycles. The number of carbonyl (C=O) groups excluding carboxylic acids is 1. The van der Waals surface area contributed by atoms with Gasteiger partial charge in [0.05, 0.1) is 25.9 Å².